The summed E-state index contributed by atoms with van der Waals surface area (Å²) in [7, 11) is 1.77. The molecule has 1 N–H and O–H groups in total. The summed E-state index contributed by atoms with van der Waals surface area (Å²) in [5.74, 6) is 0.743. The Balaban J connectivity index is 2.52. The predicted molar refractivity (Wildman–Crippen MR) is 74.7 cm³/mol. The van der Waals surface area contributed by atoms with Crippen LogP contribution in [0.15, 0.2) is 24.4 Å². The molecule has 1 aromatic carbocycles. The SMILES string of the molecule is CNc1nc(-c2cc(F)cc(Cl)c2)ncc1I. The number of hydrogen-bond acceptors (Lipinski definition) is 3. The number of hydrogen-bond donors (Lipinski definition) is 1. The lowest BCUT2D eigenvalue weighted by molar-refractivity contribution is 0.628. The molecule has 0 atom stereocenters. The molecule has 0 amide bonds. The molecule has 0 saturated heterocycles. The summed E-state index contributed by atoms with van der Waals surface area (Å²) in [5.41, 5.74) is 0.558. The van der Waals surface area contributed by atoms with Crippen molar-refractivity contribution in [2.24, 2.45) is 0 Å². The molecule has 3 nitrogen and oxygen atoms in total. The van der Waals surface area contributed by atoms with Gasteiger partial charge >= 0.3 is 0 Å². The highest BCUT2D eigenvalue weighted by Gasteiger charge is 2.08. The number of halogens is 3. The minimum Gasteiger partial charge on any atom is -0.372 e. The summed E-state index contributed by atoms with van der Waals surface area (Å²) in [5, 5.41) is 3.28. The third-order valence-electron chi connectivity index (χ3n) is 2.10. The topological polar surface area (TPSA) is 37.8 Å². The minimum absolute atomic E-state index is 0.327. The van der Waals surface area contributed by atoms with Gasteiger partial charge in [0, 0.05) is 23.8 Å². The van der Waals surface area contributed by atoms with Crippen LogP contribution in [0.4, 0.5) is 10.2 Å². The molecule has 6 heteroatoms. The summed E-state index contributed by atoms with van der Waals surface area (Å²) < 4.78 is 14.1. The van der Waals surface area contributed by atoms with Crippen LogP contribution in [-0.2, 0) is 0 Å². The average Bonchev–Trinajstić information content (AvgIpc) is 2.28. The van der Waals surface area contributed by atoms with Gasteiger partial charge in [-0.3, -0.25) is 0 Å². The Kier molecular flexibility index (Phi) is 3.78. The number of rotatable bonds is 2. The third kappa shape index (κ3) is 2.84. The Bertz CT molecular complexity index is 542. The fraction of sp³-hybridized carbons (Fsp3) is 0.0909. The average molecular weight is 364 g/mol. The van der Waals surface area contributed by atoms with Crippen LogP contribution in [0.5, 0.6) is 0 Å². The van der Waals surface area contributed by atoms with Crippen LogP contribution in [0.2, 0.25) is 5.02 Å². The van der Waals surface area contributed by atoms with Gasteiger partial charge in [-0.25, -0.2) is 14.4 Å². The maximum absolute atomic E-state index is 13.2. The van der Waals surface area contributed by atoms with E-state index in [1.807, 2.05) is 0 Å². The van der Waals surface area contributed by atoms with Gasteiger partial charge in [0.2, 0.25) is 0 Å². The molecular formula is C11H8ClFIN3. The Labute approximate surface area is 117 Å². The highest BCUT2D eigenvalue weighted by molar-refractivity contribution is 14.1. The zero-order valence-corrected chi connectivity index (χ0v) is 11.8. The zero-order valence-electron chi connectivity index (χ0n) is 8.84. The van der Waals surface area contributed by atoms with Crippen LogP contribution in [-0.4, -0.2) is 17.0 Å². The third-order valence-corrected chi connectivity index (χ3v) is 3.11. The van der Waals surface area contributed by atoms with Crippen LogP contribution in [0.3, 0.4) is 0 Å². The van der Waals surface area contributed by atoms with E-state index < -0.39 is 5.82 Å². The summed E-state index contributed by atoms with van der Waals surface area (Å²) in [6.07, 6.45) is 1.67. The van der Waals surface area contributed by atoms with E-state index in [0.717, 1.165) is 3.57 Å². The molecule has 0 aliphatic carbocycles. The highest BCUT2D eigenvalue weighted by Crippen LogP contribution is 2.24. The summed E-state index contributed by atoms with van der Waals surface area (Å²) >= 11 is 7.91. The van der Waals surface area contributed by atoms with Crippen molar-refractivity contribution in [3.63, 3.8) is 0 Å². The van der Waals surface area contributed by atoms with Crippen LogP contribution in [0.25, 0.3) is 11.4 Å². The first-order valence-corrected chi connectivity index (χ1v) is 6.22. The van der Waals surface area contributed by atoms with Crippen molar-refractivity contribution < 1.29 is 4.39 Å². The quantitative estimate of drug-likeness (QED) is 0.829. The van der Waals surface area contributed by atoms with E-state index in [1.165, 1.54) is 12.1 Å². The first kappa shape index (κ1) is 12.5. The van der Waals surface area contributed by atoms with Crippen molar-refractivity contribution in [2.75, 3.05) is 12.4 Å². The molecule has 0 fully saturated rings. The molecule has 17 heavy (non-hydrogen) atoms. The van der Waals surface area contributed by atoms with Gasteiger partial charge in [0.05, 0.1) is 3.57 Å². The first-order chi connectivity index (χ1) is 8.10. The van der Waals surface area contributed by atoms with Crippen molar-refractivity contribution in [1.29, 1.82) is 0 Å². The van der Waals surface area contributed by atoms with Crippen LogP contribution in [0, 0.1) is 9.39 Å². The molecular weight excluding hydrogens is 355 g/mol. The van der Waals surface area contributed by atoms with E-state index in [-0.39, 0.29) is 0 Å². The van der Waals surface area contributed by atoms with Crippen molar-refractivity contribution in [2.45, 2.75) is 0 Å². The smallest absolute Gasteiger partial charge is 0.161 e. The van der Waals surface area contributed by atoms with Crippen molar-refractivity contribution in [1.82, 2.24) is 9.97 Å². The lowest BCUT2D eigenvalue weighted by Crippen LogP contribution is -1.99. The van der Waals surface area contributed by atoms with E-state index in [9.17, 15) is 4.39 Å². The zero-order chi connectivity index (χ0) is 12.4. The van der Waals surface area contributed by atoms with E-state index in [4.69, 9.17) is 11.6 Å². The summed E-state index contributed by atoms with van der Waals surface area (Å²) in [6, 6.07) is 4.23. The number of anilines is 1. The minimum atomic E-state index is -0.402. The number of aromatic nitrogens is 2. The second kappa shape index (κ2) is 5.14. The number of benzene rings is 1. The molecule has 1 aromatic heterocycles. The largest absolute Gasteiger partial charge is 0.372 e. The molecule has 0 aliphatic heterocycles. The molecule has 0 aliphatic rings. The molecule has 0 spiro atoms. The molecule has 2 aromatic rings. The second-order valence-corrected chi connectivity index (χ2v) is 4.90. The van der Waals surface area contributed by atoms with Gasteiger partial charge in [0.25, 0.3) is 0 Å². The molecule has 1 heterocycles. The van der Waals surface area contributed by atoms with Gasteiger partial charge in [0.1, 0.15) is 11.6 Å². The van der Waals surface area contributed by atoms with E-state index >= 15 is 0 Å². The fourth-order valence-corrected chi connectivity index (χ4v) is 2.12. The van der Waals surface area contributed by atoms with Crippen molar-refractivity contribution in [3.8, 4) is 11.4 Å². The fourth-order valence-electron chi connectivity index (χ4n) is 1.36. The lowest BCUT2D eigenvalue weighted by atomic mass is 10.2. The van der Waals surface area contributed by atoms with Crippen LogP contribution < -0.4 is 5.32 Å². The van der Waals surface area contributed by atoms with Crippen molar-refractivity contribution in [3.05, 3.63) is 38.8 Å². The monoisotopic (exact) mass is 363 g/mol. The van der Waals surface area contributed by atoms with Gasteiger partial charge in [-0.05, 0) is 40.8 Å². The Hall–Kier alpha value is -0.950. The highest BCUT2D eigenvalue weighted by atomic mass is 127. The number of nitrogens with zero attached hydrogens (tertiary/aromatic N) is 2. The maximum atomic E-state index is 13.2. The molecule has 0 bridgehead atoms. The Morgan fingerprint density at radius 3 is 2.76 bits per heavy atom. The lowest BCUT2D eigenvalue weighted by Gasteiger charge is -2.06. The summed E-state index contributed by atoms with van der Waals surface area (Å²) in [6.45, 7) is 0. The molecule has 88 valence electrons. The molecule has 2 rings (SSSR count). The standard InChI is InChI=1S/C11H8ClFIN3/c1-15-11-9(14)5-16-10(17-11)6-2-7(12)4-8(13)3-6/h2-5H,1H3,(H,15,16,17). The van der Waals surface area contributed by atoms with Gasteiger partial charge in [-0.1, -0.05) is 11.6 Å². The normalized spacial score (nSPS) is 10.4. The molecule has 0 unspecified atom stereocenters. The number of nitrogens with one attached hydrogen (secondary N) is 1. The van der Waals surface area contributed by atoms with E-state index in [0.29, 0.717) is 22.2 Å². The van der Waals surface area contributed by atoms with Crippen LogP contribution >= 0.6 is 34.2 Å². The van der Waals surface area contributed by atoms with Crippen LogP contribution in [0.1, 0.15) is 0 Å². The van der Waals surface area contributed by atoms with E-state index in [1.54, 1.807) is 19.3 Å². The van der Waals surface area contributed by atoms with Gasteiger partial charge < -0.3 is 5.32 Å². The molecule has 0 saturated carbocycles. The van der Waals surface area contributed by atoms with Gasteiger partial charge in [0.15, 0.2) is 5.82 Å². The van der Waals surface area contributed by atoms with E-state index in [2.05, 4.69) is 37.9 Å². The van der Waals surface area contributed by atoms with Crippen molar-refractivity contribution >= 4 is 40.0 Å². The van der Waals surface area contributed by atoms with Gasteiger partial charge in [-0.2, -0.15) is 0 Å². The summed E-state index contributed by atoms with van der Waals surface area (Å²) in [4.78, 5) is 8.44. The Morgan fingerprint density at radius 1 is 1.35 bits per heavy atom. The second-order valence-electron chi connectivity index (χ2n) is 3.30. The Morgan fingerprint density at radius 2 is 2.12 bits per heavy atom. The predicted octanol–water partition coefficient (Wildman–Crippen LogP) is 3.58. The first-order valence-electron chi connectivity index (χ1n) is 4.77. The molecule has 0 radical (unpaired) electrons. The van der Waals surface area contributed by atoms with Gasteiger partial charge in [-0.15, -0.1) is 0 Å². The maximum Gasteiger partial charge on any atom is 0.161 e.